The maximum Gasteiger partial charge on any atom is 0.471 e. The van der Waals surface area contributed by atoms with Crippen molar-refractivity contribution in [3.05, 3.63) is 47.3 Å². The summed E-state index contributed by atoms with van der Waals surface area (Å²) in [6, 6.07) is 5.70. The highest BCUT2D eigenvalue weighted by atomic mass is 35.5. The average molecular weight is 403 g/mol. The molecule has 0 aliphatic heterocycles. The summed E-state index contributed by atoms with van der Waals surface area (Å²) in [4.78, 5) is 20.3. The van der Waals surface area contributed by atoms with Crippen LogP contribution >= 0.6 is 11.6 Å². The van der Waals surface area contributed by atoms with Crippen LogP contribution in [0.2, 0.25) is 0 Å². The van der Waals surface area contributed by atoms with Gasteiger partial charge in [-0.1, -0.05) is 34.0 Å². The summed E-state index contributed by atoms with van der Waals surface area (Å²) in [5, 5.41) is 9.69. The quantitative estimate of drug-likeness (QED) is 0.434. The summed E-state index contributed by atoms with van der Waals surface area (Å²) < 4.78 is 41.6. The Balaban J connectivity index is 1.94. The van der Waals surface area contributed by atoms with Crippen molar-refractivity contribution in [3.8, 4) is 11.4 Å². The lowest BCUT2D eigenvalue weighted by atomic mass is 10.1. The van der Waals surface area contributed by atoms with Crippen LogP contribution < -0.4 is 5.32 Å². The first kappa shape index (κ1) is 20.4. The van der Waals surface area contributed by atoms with Crippen molar-refractivity contribution in [1.82, 2.24) is 15.5 Å². The molecule has 1 aromatic carbocycles. The van der Waals surface area contributed by atoms with Crippen LogP contribution in [0.3, 0.4) is 0 Å². The Bertz CT molecular complexity index is 832. The van der Waals surface area contributed by atoms with E-state index in [1.165, 1.54) is 29.8 Å². The second-order valence-corrected chi connectivity index (χ2v) is 5.42. The molecule has 11 heteroatoms. The molecule has 1 heterocycles. The van der Waals surface area contributed by atoms with E-state index < -0.39 is 12.1 Å². The van der Waals surface area contributed by atoms with Gasteiger partial charge in [-0.15, -0.1) is 0 Å². The number of halogens is 4. The molecule has 2 aromatic rings. The molecule has 0 unspecified atom stereocenters. The Kier molecular flexibility index (Phi) is 6.94. The largest absolute Gasteiger partial charge is 0.471 e. The van der Waals surface area contributed by atoms with E-state index >= 15 is 0 Å². The second-order valence-electron chi connectivity index (χ2n) is 5.16. The first-order valence-electron chi connectivity index (χ1n) is 7.51. The Morgan fingerprint density at radius 2 is 2.07 bits per heavy atom. The number of nitrogens with zero attached hydrogens (tertiary/aromatic N) is 3. The van der Waals surface area contributed by atoms with Gasteiger partial charge in [-0.25, -0.2) is 0 Å². The molecule has 2 rings (SSSR count). The molecule has 1 aromatic heterocycles. The van der Waals surface area contributed by atoms with E-state index in [-0.39, 0.29) is 30.4 Å². The van der Waals surface area contributed by atoms with E-state index in [2.05, 4.69) is 25.1 Å². The number of amides is 1. The van der Waals surface area contributed by atoms with Gasteiger partial charge in [-0.3, -0.25) is 4.79 Å². The molecule has 1 amide bonds. The second kappa shape index (κ2) is 9.17. The predicted molar refractivity (Wildman–Crippen MR) is 91.1 cm³/mol. The lowest BCUT2D eigenvalue weighted by molar-refractivity contribution is -0.159. The number of carbonyl (C=O) groups excluding carboxylic acids is 1. The molecule has 0 bridgehead atoms. The van der Waals surface area contributed by atoms with Crippen LogP contribution in [0.5, 0.6) is 0 Å². The number of oxime groups is 1. The van der Waals surface area contributed by atoms with Crippen LogP contribution in [0.1, 0.15) is 23.2 Å². The molecule has 0 atom stereocenters. The van der Waals surface area contributed by atoms with Gasteiger partial charge >= 0.3 is 12.1 Å². The number of alkyl halides is 3. The molecule has 0 saturated heterocycles. The number of carbonyl (C=O) groups is 1. The van der Waals surface area contributed by atoms with Crippen LogP contribution in [0.25, 0.3) is 11.4 Å². The molecular weight excluding hydrogens is 389 g/mol. The molecule has 0 fully saturated rings. The van der Waals surface area contributed by atoms with E-state index in [0.29, 0.717) is 11.3 Å². The molecule has 0 saturated carbocycles. The van der Waals surface area contributed by atoms with Crippen molar-refractivity contribution in [3.63, 3.8) is 0 Å². The smallest absolute Gasteiger partial charge is 0.392 e. The van der Waals surface area contributed by atoms with Crippen molar-refractivity contribution in [1.29, 1.82) is 0 Å². The summed E-state index contributed by atoms with van der Waals surface area (Å²) in [5.41, 5.74) is 2.42. The zero-order valence-corrected chi connectivity index (χ0v) is 14.7. The number of hydrogen-bond donors (Lipinski definition) is 1. The zero-order valence-electron chi connectivity index (χ0n) is 14.0. The number of hydrogen-bond acceptors (Lipinski definition) is 6. The van der Waals surface area contributed by atoms with Gasteiger partial charge in [0.15, 0.2) is 0 Å². The highest BCUT2D eigenvalue weighted by molar-refractivity contribution is 6.25. The Labute approximate surface area is 156 Å². The fourth-order valence-corrected chi connectivity index (χ4v) is 1.87. The van der Waals surface area contributed by atoms with Crippen LogP contribution in [0, 0.1) is 0 Å². The van der Waals surface area contributed by atoms with Crippen molar-refractivity contribution in [2.24, 2.45) is 5.16 Å². The third-order valence-corrected chi connectivity index (χ3v) is 3.24. The van der Waals surface area contributed by atoms with Crippen LogP contribution in [0.15, 0.2) is 45.6 Å². The van der Waals surface area contributed by atoms with E-state index in [0.717, 1.165) is 0 Å². The van der Waals surface area contributed by atoms with E-state index in [4.69, 9.17) is 16.4 Å². The minimum Gasteiger partial charge on any atom is -0.392 e. The normalized spacial score (nSPS) is 12.4. The van der Waals surface area contributed by atoms with Crippen LogP contribution in [-0.2, 0) is 11.0 Å². The lowest BCUT2D eigenvalue weighted by Crippen LogP contribution is -2.28. The fraction of sp³-hybridized carbons (Fsp3) is 0.250. The minimum absolute atomic E-state index is 0.158. The van der Waals surface area contributed by atoms with Gasteiger partial charge in [-0.05, 0) is 25.1 Å². The van der Waals surface area contributed by atoms with E-state index in [1.807, 2.05) is 0 Å². The van der Waals surface area contributed by atoms with Crippen molar-refractivity contribution >= 4 is 23.2 Å². The number of benzene rings is 1. The molecule has 0 radical (unpaired) electrons. The Hall–Kier alpha value is -2.88. The minimum atomic E-state index is -4.71. The summed E-state index contributed by atoms with van der Waals surface area (Å²) in [6.45, 7) is 2.04. The first-order valence-corrected chi connectivity index (χ1v) is 7.95. The molecule has 27 heavy (non-hydrogen) atoms. The van der Waals surface area contributed by atoms with E-state index in [9.17, 15) is 18.0 Å². The third kappa shape index (κ3) is 6.10. The van der Waals surface area contributed by atoms with Gasteiger partial charge in [0, 0.05) is 16.7 Å². The van der Waals surface area contributed by atoms with E-state index in [1.54, 1.807) is 13.0 Å². The molecule has 0 aliphatic rings. The van der Waals surface area contributed by atoms with Crippen LogP contribution in [-0.4, -0.2) is 34.9 Å². The molecule has 144 valence electrons. The van der Waals surface area contributed by atoms with Crippen LogP contribution in [0.4, 0.5) is 13.2 Å². The highest BCUT2D eigenvalue weighted by Gasteiger charge is 2.38. The highest BCUT2D eigenvalue weighted by Crippen LogP contribution is 2.29. The molecule has 0 spiro atoms. The summed E-state index contributed by atoms with van der Waals surface area (Å²) >= 11 is 5.33. The number of aromatic nitrogens is 2. The van der Waals surface area contributed by atoms with Gasteiger partial charge in [0.25, 0.3) is 5.91 Å². The Morgan fingerprint density at radius 3 is 2.67 bits per heavy atom. The predicted octanol–water partition coefficient (Wildman–Crippen LogP) is 3.63. The van der Waals surface area contributed by atoms with Gasteiger partial charge in [-0.2, -0.15) is 18.2 Å². The van der Waals surface area contributed by atoms with Crippen molar-refractivity contribution in [2.75, 3.05) is 13.2 Å². The first-order chi connectivity index (χ1) is 12.8. The average Bonchev–Trinajstić information content (AvgIpc) is 3.14. The monoisotopic (exact) mass is 402 g/mol. The van der Waals surface area contributed by atoms with Gasteiger partial charge in [0.1, 0.15) is 6.61 Å². The van der Waals surface area contributed by atoms with Crippen molar-refractivity contribution < 1.29 is 27.3 Å². The van der Waals surface area contributed by atoms with Gasteiger partial charge in [0.05, 0.1) is 12.3 Å². The SMILES string of the molecule is C/C(CNC(=O)c1ccc(-c2noc(C(F)(F)F)n2)cc1)=N/OC/C=C/Cl. The maximum atomic E-state index is 12.5. The number of nitrogens with one attached hydrogen (secondary N) is 1. The maximum absolute atomic E-state index is 12.5. The summed E-state index contributed by atoms with van der Waals surface area (Å²) in [6.07, 6.45) is -3.16. The van der Waals surface area contributed by atoms with Crippen molar-refractivity contribution in [2.45, 2.75) is 13.1 Å². The summed E-state index contributed by atoms with van der Waals surface area (Å²) in [7, 11) is 0. The number of rotatable bonds is 7. The Morgan fingerprint density at radius 1 is 1.37 bits per heavy atom. The van der Waals surface area contributed by atoms with Gasteiger partial charge in [0.2, 0.25) is 5.82 Å². The molecule has 1 N–H and O–H groups in total. The summed E-state index contributed by atoms with van der Waals surface area (Å²) in [5.74, 6) is -2.04. The zero-order chi connectivity index (χ0) is 19.9. The topological polar surface area (TPSA) is 89.6 Å². The molecule has 7 nitrogen and oxygen atoms in total. The van der Waals surface area contributed by atoms with Gasteiger partial charge < -0.3 is 14.7 Å². The molecular formula is C16H14ClF3N4O3. The standard InChI is InChI=1S/C16H14ClF3N4O3/c1-10(23-26-8-2-7-17)9-21-14(25)12-5-3-11(4-6-12)13-22-15(27-24-13)16(18,19)20/h2-7H,8-9H2,1H3,(H,21,25)/b7-2+,23-10-. The molecule has 0 aliphatic carbocycles. The fourth-order valence-electron chi connectivity index (χ4n) is 1.80. The third-order valence-electron chi connectivity index (χ3n) is 3.06. The lowest BCUT2D eigenvalue weighted by Gasteiger charge is -2.05.